The number of rotatable bonds is 6. The standard InChI is InChI=1S/C13H20N4O3/c1-9(2)7-15-12(18)8-16(3)11-6-4-5-10(14)13(11)17(19)20/h4-6,9H,7-8,14H2,1-3H3,(H,15,18). The van der Waals surface area contributed by atoms with Gasteiger partial charge in [-0.05, 0) is 18.1 Å². The second kappa shape index (κ2) is 6.74. The highest BCUT2D eigenvalue weighted by Crippen LogP contribution is 2.32. The molecule has 0 bridgehead atoms. The second-order valence-corrected chi connectivity index (χ2v) is 5.03. The Hall–Kier alpha value is -2.31. The highest BCUT2D eigenvalue weighted by Gasteiger charge is 2.21. The lowest BCUT2D eigenvalue weighted by molar-refractivity contribution is -0.383. The van der Waals surface area contributed by atoms with Crippen molar-refractivity contribution in [1.29, 1.82) is 0 Å². The zero-order valence-electron chi connectivity index (χ0n) is 11.9. The van der Waals surface area contributed by atoms with Crippen LogP contribution in [0.15, 0.2) is 18.2 Å². The minimum absolute atomic E-state index is 0.0387. The van der Waals surface area contributed by atoms with E-state index in [0.29, 0.717) is 18.2 Å². The number of nitrogen functional groups attached to an aromatic ring is 1. The molecule has 0 saturated heterocycles. The molecule has 0 spiro atoms. The van der Waals surface area contributed by atoms with Gasteiger partial charge < -0.3 is 16.0 Å². The van der Waals surface area contributed by atoms with Crippen LogP contribution in [-0.2, 0) is 4.79 Å². The maximum atomic E-state index is 11.7. The lowest BCUT2D eigenvalue weighted by atomic mass is 10.2. The van der Waals surface area contributed by atoms with Crippen LogP contribution < -0.4 is 16.0 Å². The summed E-state index contributed by atoms with van der Waals surface area (Å²) < 4.78 is 0. The largest absolute Gasteiger partial charge is 0.393 e. The Morgan fingerprint density at radius 1 is 1.50 bits per heavy atom. The first kappa shape index (κ1) is 15.7. The third kappa shape index (κ3) is 4.11. The summed E-state index contributed by atoms with van der Waals surface area (Å²) in [5.41, 5.74) is 5.86. The van der Waals surface area contributed by atoms with Gasteiger partial charge in [0.1, 0.15) is 11.4 Å². The number of anilines is 2. The molecule has 0 aliphatic heterocycles. The first-order chi connectivity index (χ1) is 9.32. The zero-order valence-corrected chi connectivity index (χ0v) is 11.9. The van der Waals surface area contributed by atoms with Crippen molar-refractivity contribution in [2.75, 3.05) is 30.8 Å². The van der Waals surface area contributed by atoms with Gasteiger partial charge in [0.05, 0.1) is 11.5 Å². The molecule has 3 N–H and O–H groups in total. The van der Waals surface area contributed by atoms with E-state index in [1.807, 2.05) is 13.8 Å². The van der Waals surface area contributed by atoms with Crippen LogP contribution in [0.5, 0.6) is 0 Å². The van der Waals surface area contributed by atoms with Crippen LogP contribution >= 0.6 is 0 Å². The number of nitrogens with zero attached hydrogens (tertiary/aromatic N) is 2. The quantitative estimate of drug-likeness (QED) is 0.465. The number of nitro groups is 1. The molecule has 0 heterocycles. The number of likely N-dealkylation sites (N-methyl/N-ethyl adjacent to an activating group) is 1. The summed E-state index contributed by atoms with van der Waals surface area (Å²) in [5.74, 6) is 0.170. The summed E-state index contributed by atoms with van der Waals surface area (Å²) in [6.07, 6.45) is 0. The van der Waals surface area contributed by atoms with E-state index in [1.165, 1.54) is 11.0 Å². The van der Waals surface area contributed by atoms with Crippen molar-refractivity contribution in [2.45, 2.75) is 13.8 Å². The van der Waals surface area contributed by atoms with Crippen LogP contribution in [-0.4, -0.2) is 31.0 Å². The van der Waals surface area contributed by atoms with Crippen molar-refractivity contribution in [1.82, 2.24) is 5.32 Å². The Balaban J connectivity index is 2.82. The minimum Gasteiger partial charge on any atom is -0.393 e. The van der Waals surface area contributed by atoms with Crippen LogP contribution in [0.1, 0.15) is 13.8 Å². The number of nitro benzene ring substituents is 1. The number of hydrogen-bond donors (Lipinski definition) is 2. The van der Waals surface area contributed by atoms with Crippen molar-refractivity contribution in [2.24, 2.45) is 5.92 Å². The first-order valence-corrected chi connectivity index (χ1v) is 6.33. The molecule has 7 heteroatoms. The average molecular weight is 280 g/mol. The third-order valence-corrected chi connectivity index (χ3v) is 2.73. The smallest absolute Gasteiger partial charge is 0.315 e. The topological polar surface area (TPSA) is 102 Å². The Bertz CT molecular complexity index is 502. The average Bonchev–Trinajstić information content (AvgIpc) is 2.35. The number of amides is 1. The van der Waals surface area contributed by atoms with E-state index in [1.54, 1.807) is 19.2 Å². The molecule has 0 aliphatic rings. The van der Waals surface area contributed by atoms with E-state index in [4.69, 9.17) is 5.73 Å². The Morgan fingerprint density at radius 2 is 2.15 bits per heavy atom. The van der Waals surface area contributed by atoms with E-state index >= 15 is 0 Å². The zero-order chi connectivity index (χ0) is 15.3. The molecule has 7 nitrogen and oxygen atoms in total. The summed E-state index contributed by atoms with van der Waals surface area (Å²) >= 11 is 0. The third-order valence-electron chi connectivity index (χ3n) is 2.73. The molecule has 0 atom stereocenters. The van der Waals surface area contributed by atoms with Gasteiger partial charge in [0.25, 0.3) is 0 Å². The van der Waals surface area contributed by atoms with Crippen molar-refractivity contribution in [3.05, 3.63) is 28.3 Å². The van der Waals surface area contributed by atoms with Crippen LogP contribution in [0.4, 0.5) is 17.1 Å². The molecule has 0 aliphatic carbocycles. The maximum absolute atomic E-state index is 11.7. The lowest BCUT2D eigenvalue weighted by Crippen LogP contribution is -2.37. The summed E-state index contributed by atoms with van der Waals surface area (Å²) in [5, 5.41) is 13.8. The molecular weight excluding hydrogens is 260 g/mol. The molecule has 110 valence electrons. The van der Waals surface area contributed by atoms with E-state index in [9.17, 15) is 14.9 Å². The van der Waals surface area contributed by atoms with Crippen LogP contribution in [0.25, 0.3) is 0 Å². The number of hydrogen-bond acceptors (Lipinski definition) is 5. The number of nitrogens with one attached hydrogen (secondary N) is 1. The van der Waals surface area contributed by atoms with Gasteiger partial charge in [-0.15, -0.1) is 0 Å². The highest BCUT2D eigenvalue weighted by molar-refractivity contribution is 5.84. The van der Waals surface area contributed by atoms with Crippen molar-refractivity contribution >= 4 is 23.0 Å². The van der Waals surface area contributed by atoms with Gasteiger partial charge in [0.2, 0.25) is 5.91 Å². The summed E-state index contributed by atoms with van der Waals surface area (Å²) in [4.78, 5) is 23.8. The molecule has 20 heavy (non-hydrogen) atoms. The molecule has 1 aromatic rings. The fourth-order valence-corrected chi connectivity index (χ4v) is 1.73. The van der Waals surface area contributed by atoms with Gasteiger partial charge in [-0.3, -0.25) is 14.9 Å². The van der Waals surface area contributed by atoms with Crippen LogP contribution in [0.2, 0.25) is 0 Å². The molecule has 0 radical (unpaired) electrons. The SMILES string of the molecule is CC(C)CNC(=O)CN(C)c1cccc(N)c1[N+](=O)[O-]. The normalized spacial score (nSPS) is 10.4. The van der Waals surface area contributed by atoms with E-state index in [2.05, 4.69) is 5.32 Å². The van der Waals surface area contributed by atoms with Crippen molar-refractivity contribution < 1.29 is 9.72 Å². The van der Waals surface area contributed by atoms with Gasteiger partial charge in [-0.25, -0.2) is 0 Å². The van der Waals surface area contributed by atoms with Gasteiger partial charge in [-0.1, -0.05) is 19.9 Å². The van der Waals surface area contributed by atoms with Gasteiger partial charge >= 0.3 is 5.69 Å². The molecule has 1 amide bonds. The van der Waals surface area contributed by atoms with Gasteiger partial charge in [-0.2, -0.15) is 0 Å². The number of carbonyl (C=O) groups excluding carboxylic acids is 1. The number of nitrogens with two attached hydrogens (primary N) is 1. The molecule has 1 rings (SSSR count). The van der Waals surface area contributed by atoms with Crippen molar-refractivity contribution in [3.63, 3.8) is 0 Å². The predicted octanol–water partition coefficient (Wildman–Crippen LogP) is 1.39. The van der Waals surface area contributed by atoms with E-state index < -0.39 is 4.92 Å². The summed E-state index contributed by atoms with van der Waals surface area (Å²) in [7, 11) is 1.62. The second-order valence-electron chi connectivity index (χ2n) is 5.03. The van der Waals surface area contributed by atoms with Gasteiger partial charge in [0.15, 0.2) is 0 Å². The van der Waals surface area contributed by atoms with Crippen molar-refractivity contribution in [3.8, 4) is 0 Å². The number of para-hydroxylation sites is 1. The summed E-state index contributed by atoms with van der Waals surface area (Å²) in [6.45, 7) is 4.60. The maximum Gasteiger partial charge on any atom is 0.315 e. The molecule has 0 unspecified atom stereocenters. The van der Waals surface area contributed by atoms with Crippen LogP contribution in [0, 0.1) is 16.0 Å². The minimum atomic E-state index is -0.535. The number of benzene rings is 1. The molecule has 0 fully saturated rings. The summed E-state index contributed by atoms with van der Waals surface area (Å²) in [6, 6.07) is 4.67. The molecule has 0 aromatic heterocycles. The Labute approximate surface area is 117 Å². The fraction of sp³-hybridized carbons (Fsp3) is 0.462. The first-order valence-electron chi connectivity index (χ1n) is 6.33. The molecule has 1 aromatic carbocycles. The molecule has 0 saturated carbocycles. The van der Waals surface area contributed by atoms with E-state index in [-0.39, 0.29) is 23.8 Å². The molecular formula is C13H20N4O3. The van der Waals surface area contributed by atoms with Crippen LogP contribution in [0.3, 0.4) is 0 Å². The van der Waals surface area contributed by atoms with E-state index in [0.717, 1.165) is 0 Å². The Kier molecular flexibility index (Phi) is 5.31. The Morgan fingerprint density at radius 3 is 2.70 bits per heavy atom. The van der Waals surface area contributed by atoms with Gasteiger partial charge in [0, 0.05) is 13.6 Å². The lowest BCUT2D eigenvalue weighted by Gasteiger charge is -2.19. The predicted molar refractivity (Wildman–Crippen MR) is 78.6 cm³/mol. The highest BCUT2D eigenvalue weighted by atomic mass is 16.6. The fourth-order valence-electron chi connectivity index (χ4n) is 1.73. The monoisotopic (exact) mass is 280 g/mol. The number of carbonyl (C=O) groups is 1.